The zero-order valence-corrected chi connectivity index (χ0v) is 16.3. The predicted molar refractivity (Wildman–Crippen MR) is 109 cm³/mol. The molecular weight excluding hydrogens is 399 g/mol. The summed E-state index contributed by atoms with van der Waals surface area (Å²) < 4.78 is 14.5. The monoisotopic (exact) mass is 416 g/mol. The number of aromatic nitrogens is 2. The van der Waals surface area contributed by atoms with Crippen LogP contribution in [0.3, 0.4) is 0 Å². The van der Waals surface area contributed by atoms with Crippen molar-refractivity contribution in [2.24, 2.45) is 0 Å². The molecule has 2 N–H and O–H groups in total. The number of nitrogens with one attached hydrogen (secondary N) is 2. The Morgan fingerprint density at radius 1 is 1.21 bits per heavy atom. The van der Waals surface area contributed by atoms with Crippen LogP contribution in [-0.4, -0.2) is 27.9 Å². The fourth-order valence-electron chi connectivity index (χ4n) is 2.73. The molecule has 2 amide bonds. The zero-order valence-electron chi connectivity index (χ0n) is 15.5. The normalized spacial score (nSPS) is 10.7. The van der Waals surface area contributed by atoms with E-state index in [0.29, 0.717) is 28.8 Å². The van der Waals surface area contributed by atoms with Gasteiger partial charge in [-0.3, -0.25) is 19.0 Å². The highest BCUT2D eigenvalue weighted by molar-refractivity contribution is 6.31. The van der Waals surface area contributed by atoms with Gasteiger partial charge in [-0.25, -0.2) is 9.37 Å². The van der Waals surface area contributed by atoms with E-state index in [1.54, 1.807) is 18.2 Å². The van der Waals surface area contributed by atoms with Crippen molar-refractivity contribution in [3.63, 3.8) is 0 Å². The molecule has 0 saturated carbocycles. The minimum absolute atomic E-state index is 0.122. The molecule has 9 heteroatoms. The fraction of sp³-hybridized carbons (Fsp3) is 0.200. The second kappa shape index (κ2) is 8.83. The highest BCUT2D eigenvalue weighted by Crippen LogP contribution is 2.19. The van der Waals surface area contributed by atoms with Crippen molar-refractivity contribution in [3.8, 4) is 0 Å². The Labute approximate surface area is 170 Å². The molecule has 0 radical (unpaired) electrons. The highest BCUT2D eigenvalue weighted by Gasteiger charge is 2.13. The average Bonchev–Trinajstić information content (AvgIpc) is 2.70. The molecule has 1 heterocycles. The first-order valence-corrected chi connectivity index (χ1v) is 9.29. The number of amides is 2. The van der Waals surface area contributed by atoms with Crippen molar-refractivity contribution in [2.45, 2.75) is 19.9 Å². The molecule has 3 rings (SSSR count). The Morgan fingerprint density at radius 2 is 2.00 bits per heavy atom. The maximum atomic E-state index is 13.2. The van der Waals surface area contributed by atoms with E-state index in [2.05, 4.69) is 15.6 Å². The van der Waals surface area contributed by atoms with Crippen molar-refractivity contribution in [1.29, 1.82) is 0 Å². The smallest absolute Gasteiger partial charge is 0.269 e. The summed E-state index contributed by atoms with van der Waals surface area (Å²) in [6.45, 7) is 2.22. The van der Waals surface area contributed by atoms with Gasteiger partial charge in [0.05, 0.1) is 22.3 Å². The topological polar surface area (TPSA) is 93.1 Å². The van der Waals surface area contributed by atoms with Gasteiger partial charge in [0.2, 0.25) is 5.91 Å². The third kappa shape index (κ3) is 4.78. The molecule has 0 bridgehead atoms. The van der Waals surface area contributed by atoms with Gasteiger partial charge in [0, 0.05) is 17.8 Å². The van der Waals surface area contributed by atoms with Gasteiger partial charge in [-0.05, 0) is 42.8 Å². The molecule has 0 aliphatic heterocycles. The SMILES string of the molecule is CCCNC(=O)c1ccc2c(c1)ncc(=O)n2CC(=O)Nc1ccc(F)c(Cl)c1. The minimum Gasteiger partial charge on any atom is -0.352 e. The molecule has 0 spiro atoms. The van der Waals surface area contributed by atoms with Crippen molar-refractivity contribution in [1.82, 2.24) is 14.9 Å². The molecule has 2 aromatic carbocycles. The van der Waals surface area contributed by atoms with Crippen LogP contribution in [0, 0.1) is 5.82 Å². The predicted octanol–water partition coefficient (Wildman–Crippen LogP) is 2.97. The summed E-state index contributed by atoms with van der Waals surface area (Å²) in [5.74, 6) is -1.33. The van der Waals surface area contributed by atoms with Crippen LogP contribution < -0.4 is 16.2 Å². The summed E-state index contributed by atoms with van der Waals surface area (Å²) in [6, 6.07) is 8.50. The van der Waals surface area contributed by atoms with E-state index in [1.807, 2.05) is 6.92 Å². The molecule has 0 saturated heterocycles. The van der Waals surface area contributed by atoms with E-state index in [1.165, 1.54) is 16.7 Å². The summed E-state index contributed by atoms with van der Waals surface area (Å²) in [7, 11) is 0. The summed E-state index contributed by atoms with van der Waals surface area (Å²) in [6.07, 6.45) is 1.91. The van der Waals surface area contributed by atoms with Gasteiger partial charge in [0.15, 0.2) is 0 Å². The molecular formula is C20H18ClFN4O3. The molecule has 3 aromatic rings. The van der Waals surface area contributed by atoms with Gasteiger partial charge < -0.3 is 10.6 Å². The molecule has 0 atom stereocenters. The third-order valence-electron chi connectivity index (χ3n) is 4.15. The largest absolute Gasteiger partial charge is 0.352 e. The van der Waals surface area contributed by atoms with Gasteiger partial charge in [0.1, 0.15) is 12.4 Å². The molecule has 7 nitrogen and oxygen atoms in total. The Hall–Kier alpha value is -3.26. The maximum Gasteiger partial charge on any atom is 0.269 e. The fourth-order valence-corrected chi connectivity index (χ4v) is 2.91. The number of anilines is 1. The quantitative estimate of drug-likeness (QED) is 0.646. The molecule has 0 aliphatic rings. The van der Waals surface area contributed by atoms with Crippen LogP contribution in [0.15, 0.2) is 47.4 Å². The highest BCUT2D eigenvalue weighted by atomic mass is 35.5. The van der Waals surface area contributed by atoms with Crippen molar-refractivity contribution in [2.75, 3.05) is 11.9 Å². The van der Waals surface area contributed by atoms with Crippen LogP contribution in [-0.2, 0) is 11.3 Å². The first-order chi connectivity index (χ1) is 13.9. The Balaban J connectivity index is 1.85. The van der Waals surface area contributed by atoms with Crippen molar-refractivity contribution in [3.05, 3.63) is 69.4 Å². The van der Waals surface area contributed by atoms with E-state index < -0.39 is 17.3 Å². The lowest BCUT2D eigenvalue weighted by molar-refractivity contribution is -0.116. The Kier molecular flexibility index (Phi) is 6.23. The van der Waals surface area contributed by atoms with Crippen LogP contribution >= 0.6 is 11.6 Å². The lowest BCUT2D eigenvalue weighted by atomic mass is 10.1. The van der Waals surface area contributed by atoms with E-state index >= 15 is 0 Å². The van der Waals surface area contributed by atoms with E-state index in [-0.39, 0.29) is 17.5 Å². The van der Waals surface area contributed by atoms with Crippen LogP contribution in [0.25, 0.3) is 11.0 Å². The van der Waals surface area contributed by atoms with Crippen LogP contribution in [0.2, 0.25) is 5.02 Å². The minimum atomic E-state index is -0.597. The van der Waals surface area contributed by atoms with Crippen molar-refractivity contribution >= 4 is 40.1 Å². The number of hydrogen-bond donors (Lipinski definition) is 2. The average molecular weight is 417 g/mol. The van der Waals surface area contributed by atoms with Gasteiger partial charge in [-0.1, -0.05) is 18.5 Å². The van der Waals surface area contributed by atoms with E-state index in [4.69, 9.17) is 11.6 Å². The molecule has 0 fully saturated rings. The number of fused-ring (bicyclic) bond motifs is 1. The summed E-state index contributed by atoms with van der Waals surface area (Å²) in [4.78, 5) is 40.8. The number of nitrogens with zero attached hydrogens (tertiary/aromatic N) is 2. The number of carbonyl (C=O) groups is 2. The van der Waals surface area contributed by atoms with Gasteiger partial charge >= 0.3 is 0 Å². The standard InChI is InChI=1S/C20H18ClFN4O3/c1-2-7-23-20(29)12-3-6-17-16(8-12)24-10-19(28)26(17)11-18(27)25-13-4-5-15(22)14(21)9-13/h3-6,8-10H,2,7,11H2,1H3,(H,23,29)(H,25,27). The number of benzene rings is 2. The zero-order chi connectivity index (χ0) is 21.0. The van der Waals surface area contributed by atoms with Gasteiger partial charge in [0.25, 0.3) is 11.5 Å². The lowest BCUT2D eigenvalue weighted by Crippen LogP contribution is -2.28. The molecule has 29 heavy (non-hydrogen) atoms. The van der Waals surface area contributed by atoms with E-state index in [0.717, 1.165) is 18.7 Å². The summed E-state index contributed by atoms with van der Waals surface area (Å²) >= 11 is 5.71. The number of rotatable bonds is 6. The number of carbonyl (C=O) groups excluding carboxylic acids is 2. The number of hydrogen-bond acceptors (Lipinski definition) is 4. The molecule has 0 aliphatic carbocycles. The maximum absolute atomic E-state index is 13.2. The summed E-state index contributed by atoms with van der Waals surface area (Å²) in [5.41, 5.74) is 1.08. The van der Waals surface area contributed by atoms with Crippen molar-refractivity contribution < 1.29 is 14.0 Å². The molecule has 0 unspecified atom stereocenters. The summed E-state index contributed by atoms with van der Waals surface area (Å²) in [5, 5.41) is 5.22. The number of halogens is 2. The first-order valence-electron chi connectivity index (χ1n) is 8.91. The Morgan fingerprint density at radius 3 is 2.72 bits per heavy atom. The first kappa shape index (κ1) is 20.5. The van der Waals surface area contributed by atoms with Gasteiger partial charge in [-0.2, -0.15) is 0 Å². The molecule has 1 aromatic heterocycles. The van der Waals surface area contributed by atoms with Crippen LogP contribution in [0.4, 0.5) is 10.1 Å². The molecule has 150 valence electrons. The van der Waals surface area contributed by atoms with Crippen LogP contribution in [0.1, 0.15) is 23.7 Å². The Bertz CT molecular complexity index is 1150. The third-order valence-corrected chi connectivity index (χ3v) is 4.44. The second-order valence-corrected chi connectivity index (χ2v) is 6.73. The van der Waals surface area contributed by atoms with Gasteiger partial charge in [-0.15, -0.1) is 0 Å². The van der Waals surface area contributed by atoms with E-state index in [9.17, 15) is 18.8 Å². The second-order valence-electron chi connectivity index (χ2n) is 6.32. The lowest BCUT2D eigenvalue weighted by Gasteiger charge is -2.11. The van der Waals surface area contributed by atoms with Crippen LogP contribution in [0.5, 0.6) is 0 Å².